The Morgan fingerprint density at radius 2 is 1.65 bits per heavy atom. The van der Waals surface area contributed by atoms with Gasteiger partial charge < -0.3 is 30.3 Å². The number of aliphatic hydroxyl groups excluding tert-OH is 2. The van der Waals surface area contributed by atoms with Gasteiger partial charge in [-0.05, 0) is 90.0 Å². The lowest BCUT2D eigenvalue weighted by Crippen LogP contribution is -2.29. The average molecular weight is 549 g/mol. The number of methoxy groups -OCH3 is 1. The van der Waals surface area contributed by atoms with Crippen LogP contribution in [0.3, 0.4) is 0 Å². The first kappa shape index (κ1) is 29.4. The minimum Gasteiger partial charge on any atom is -0.504 e. The Bertz CT molecular complexity index is 1280. The summed E-state index contributed by atoms with van der Waals surface area (Å²) in [6.45, 7) is -0.284. The van der Waals surface area contributed by atoms with Crippen LogP contribution >= 0.6 is 0 Å². The molecule has 7 nitrogen and oxygen atoms in total. The Hall–Kier alpha value is -3.55. The fourth-order valence-electron chi connectivity index (χ4n) is 6.32. The predicted molar refractivity (Wildman–Crippen MR) is 153 cm³/mol. The zero-order chi connectivity index (χ0) is 28.7. The van der Waals surface area contributed by atoms with Gasteiger partial charge >= 0.3 is 0 Å². The van der Waals surface area contributed by atoms with Gasteiger partial charge in [-0.3, -0.25) is 4.79 Å². The molecule has 1 saturated carbocycles. The standard InChI is InChI=1S/C33H40O7/c1-40-32-19-28(24(21-34)16-31(32)39)23(10-9-22-7-3-2-4-8-22)15-26(35)18-27(36)20-33(13-5-6-14-33)25-11-12-29(37)30(38)17-25/h2-4,7-8,11-12,16-17,19,23,27,34,36-39H,5-6,9-10,13-15,18,20-21H2,1H3/t23-,27+/m1/s1. The van der Waals surface area contributed by atoms with Crippen LogP contribution in [0.15, 0.2) is 60.7 Å². The molecule has 3 aromatic carbocycles. The van der Waals surface area contributed by atoms with Crippen LogP contribution in [0.2, 0.25) is 0 Å². The van der Waals surface area contributed by atoms with E-state index in [0.29, 0.717) is 18.4 Å². The Labute approximate surface area is 235 Å². The van der Waals surface area contributed by atoms with Crippen molar-refractivity contribution < 1.29 is 35.1 Å². The second-order valence-corrected chi connectivity index (χ2v) is 11.1. The van der Waals surface area contributed by atoms with Gasteiger partial charge in [-0.1, -0.05) is 49.2 Å². The summed E-state index contributed by atoms with van der Waals surface area (Å²) < 4.78 is 5.32. The molecule has 0 aliphatic heterocycles. The zero-order valence-corrected chi connectivity index (χ0v) is 23.1. The Morgan fingerprint density at radius 1 is 0.925 bits per heavy atom. The highest BCUT2D eigenvalue weighted by Gasteiger charge is 2.38. The molecule has 7 heteroatoms. The summed E-state index contributed by atoms with van der Waals surface area (Å²) in [5.74, 6) is -0.471. The van der Waals surface area contributed by atoms with Gasteiger partial charge in [0, 0.05) is 12.8 Å². The second-order valence-electron chi connectivity index (χ2n) is 11.1. The van der Waals surface area contributed by atoms with E-state index < -0.39 is 6.10 Å². The summed E-state index contributed by atoms with van der Waals surface area (Å²) in [4.78, 5) is 13.4. The van der Waals surface area contributed by atoms with E-state index >= 15 is 0 Å². The molecular weight excluding hydrogens is 508 g/mol. The molecule has 0 spiro atoms. The molecule has 1 fully saturated rings. The fourth-order valence-corrected chi connectivity index (χ4v) is 6.32. The number of carbonyl (C=O) groups excluding carboxylic acids is 1. The molecule has 1 aliphatic carbocycles. The van der Waals surface area contributed by atoms with Crippen molar-refractivity contribution in [2.45, 2.75) is 81.8 Å². The van der Waals surface area contributed by atoms with E-state index in [9.17, 15) is 30.3 Å². The molecule has 1 aliphatic rings. The van der Waals surface area contributed by atoms with Crippen molar-refractivity contribution in [2.75, 3.05) is 7.11 Å². The maximum absolute atomic E-state index is 13.4. The van der Waals surface area contributed by atoms with Crippen LogP contribution < -0.4 is 4.74 Å². The van der Waals surface area contributed by atoms with Crippen LogP contribution in [0.1, 0.15) is 79.5 Å². The van der Waals surface area contributed by atoms with E-state index in [1.54, 1.807) is 18.2 Å². The number of carbonyl (C=O) groups is 1. The summed E-state index contributed by atoms with van der Waals surface area (Å²) in [5, 5.41) is 51.3. The van der Waals surface area contributed by atoms with Crippen molar-refractivity contribution in [3.63, 3.8) is 0 Å². The number of aryl methyl sites for hydroxylation is 1. The van der Waals surface area contributed by atoms with Gasteiger partial charge in [0.1, 0.15) is 5.78 Å². The highest BCUT2D eigenvalue weighted by molar-refractivity contribution is 5.80. The molecule has 0 bridgehead atoms. The van der Waals surface area contributed by atoms with E-state index in [-0.39, 0.29) is 59.6 Å². The summed E-state index contributed by atoms with van der Waals surface area (Å²) in [6, 6.07) is 18.0. The van der Waals surface area contributed by atoms with Crippen LogP contribution in [0.4, 0.5) is 0 Å². The molecule has 4 rings (SSSR count). The van der Waals surface area contributed by atoms with Gasteiger partial charge in [-0.25, -0.2) is 0 Å². The van der Waals surface area contributed by atoms with Gasteiger partial charge in [0.25, 0.3) is 0 Å². The maximum Gasteiger partial charge on any atom is 0.160 e. The van der Waals surface area contributed by atoms with Crippen LogP contribution in [0.25, 0.3) is 0 Å². The van der Waals surface area contributed by atoms with Crippen molar-refractivity contribution in [1.29, 1.82) is 0 Å². The number of Topliss-reactive ketones (excluding diaryl/α,β-unsaturated/α-hetero) is 1. The van der Waals surface area contributed by atoms with Crippen LogP contribution in [0.5, 0.6) is 23.0 Å². The first-order valence-corrected chi connectivity index (χ1v) is 14.0. The highest BCUT2D eigenvalue weighted by atomic mass is 16.5. The second kappa shape index (κ2) is 13.2. The lowest BCUT2D eigenvalue weighted by molar-refractivity contribution is -0.121. The molecule has 40 heavy (non-hydrogen) atoms. The van der Waals surface area contributed by atoms with Crippen LogP contribution in [-0.2, 0) is 23.2 Å². The molecule has 0 heterocycles. The number of benzene rings is 3. The molecular formula is C33H40O7. The number of ether oxygens (including phenoxy) is 1. The summed E-state index contributed by atoms with van der Waals surface area (Å²) >= 11 is 0. The monoisotopic (exact) mass is 548 g/mol. The first-order valence-electron chi connectivity index (χ1n) is 14.0. The maximum atomic E-state index is 13.4. The summed E-state index contributed by atoms with van der Waals surface area (Å²) in [7, 11) is 1.46. The van der Waals surface area contributed by atoms with Crippen LogP contribution in [0, 0.1) is 0 Å². The topological polar surface area (TPSA) is 127 Å². The number of hydrogen-bond acceptors (Lipinski definition) is 7. The smallest absolute Gasteiger partial charge is 0.160 e. The largest absolute Gasteiger partial charge is 0.504 e. The number of rotatable bonds is 13. The van der Waals surface area contributed by atoms with Gasteiger partial charge in [-0.15, -0.1) is 0 Å². The van der Waals surface area contributed by atoms with Crippen LogP contribution in [-0.4, -0.2) is 44.5 Å². The molecule has 2 atom stereocenters. The Kier molecular flexibility index (Phi) is 9.71. The minimum atomic E-state index is -0.858. The van der Waals surface area contributed by atoms with Crippen molar-refractivity contribution in [1.82, 2.24) is 0 Å². The molecule has 214 valence electrons. The van der Waals surface area contributed by atoms with E-state index in [4.69, 9.17) is 4.74 Å². The quantitative estimate of drug-likeness (QED) is 0.175. The summed E-state index contributed by atoms with van der Waals surface area (Å²) in [6.07, 6.45) is 4.76. The number of aromatic hydroxyl groups is 3. The molecule has 0 aromatic heterocycles. The van der Waals surface area contributed by atoms with Gasteiger partial charge in [0.05, 0.1) is 19.8 Å². The van der Waals surface area contributed by atoms with Gasteiger partial charge in [0.15, 0.2) is 23.0 Å². The first-order chi connectivity index (χ1) is 19.2. The van der Waals surface area contributed by atoms with E-state index in [2.05, 4.69) is 0 Å². The minimum absolute atomic E-state index is 0.00265. The normalized spacial score (nSPS) is 16.0. The summed E-state index contributed by atoms with van der Waals surface area (Å²) in [5.41, 5.74) is 2.95. The van der Waals surface area contributed by atoms with Crippen molar-refractivity contribution >= 4 is 5.78 Å². The van der Waals surface area contributed by atoms with E-state index in [0.717, 1.165) is 48.8 Å². The van der Waals surface area contributed by atoms with Gasteiger partial charge in [0.2, 0.25) is 0 Å². The third-order valence-electron chi connectivity index (χ3n) is 8.39. The molecule has 0 unspecified atom stereocenters. The number of ketones is 1. The average Bonchev–Trinajstić information content (AvgIpc) is 3.42. The van der Waals surface area contributed by atoms with Crippen molar-refractivity contribution in [3.8, 4) is 23.0 Å². The van der Waals surface area contributed by atoms with E-state index in [1.807, 2.05) is 30.3 Å². The fraction of sp³-hybridized carbons (Fsp3) is 0.424. The molecule has 5 N–H and O–H groups in total. The zero-order valence-electron chi connectivity index (χ0n) is 23.1. The molecule has 0 amide bonds. The molecule has 0 saturated heterocycles. The van der Waals surface area contributed by atoms with E-state index in [1.165, 1.54) is 19.2 Å². The highest BCUT2D eigenvalue weighted by Crippen LogP contribution is 2.47. The Balaban J connectivity index is 1.52. The number of phenolic OH excluding ortho intramolecular Hbond substituents is 3. The number of phenols is 3. The third-order valence-corrected chi connectivity index (χ3v) is 8.39. The lowest BCUT2D eigenvalue weighted by Gasteiger charge is -2.32. The lowest BCUT2D eigenvalue weighted by atomic mass is 9.73. The van der Waals surface area contributed by atoms with Crippen molar-refractivity contribution in [3.05, 3.63) is 82.9 Å². The number of hydrogen-bond donors (Lipinski definition) is 5. The molecule has 0 radical (unpaired) electrons. The predicted octanol–water partition coefficient (Wildman–Crippen LogP) is 5.63. The number of aliphatic hydroxyl groups is 2. The van der Waals surface area contributed by atoms with Crippen molar-refractivity contribution in [2.24, 2.45) is 0 Å². The Morgan fingerprint density at radius 3 is 2.30 bits per heavy atom. The SMILES string of the molecule is COc1cc([C@H](CCc2ccccc2)CC(=O)C[C@H](O)CC2(c3ccc(O)c(O)c3)CCCC2)c(CO)cc1O. The molecule has 3 aromatic rings. The van der Waals surface area contributed by atoms with Gasteiger partial charge in [-0.2, -0.15) is 0 Å². The third kappa shape index (κ3) is 6.95.